The van der Waals surface area contributed by atoms with E-state index in [0.29, 0.717) is 6.04 Å². The van der Waals surface area contributed by atoms with Crippen LogP contribution in [0.25, 0.3) is 0 Å². The van der Waals surface area contributed by atoms with Gasteiger partial charge in [0.2, 0.25) is 0 Å². The van der Waals surface area contributed by atoms with Crippen molar-refractivity contribution in [1.29, 1.82) is 0 Å². The molecule has 0 saturated carbocycles. The van der Waals surface area contributed by atoms with Gasteiger partial charge in [-0.05, 0) is 25.0 Å². The summed E-state index contributed by atoms with van der Waals surface area (Å²) < 4.78 is 0. The van der Waals surface area contributed by atoms with Crippen LogP contribution in [0.3, 0.4) is 0 Å². The van der Waals surface area contributed by atoms with Crippen molar-refractivity contribution < 1.29 is 5.11 Å². The lowest BCUT2D eigenvalue weighted by molar-refractivity contribution is 0.0963. The quantitative estimate of drug-likeness (QED) is 0.857. The largest absolute Gasteiger partial charge is 0.384 e. The highest BCUT2D eigenvalue weighted by Gasteiger charge is 2.20. The zero-order valence-electron chi connectivity index (χ0n) is 13.2. The number of hydrogen-bond acceptors (Lipinski definition) is 3. The van der Waals surface area contributed by atoms with Crippen molar-refractivity contribution in [2.24, 2.45) is 0 Å². The van der Waals surface area contributed by atoms with Crippen LogP contribution in [0, 0.1) is 11.8 Å². The minimum atomic E-state index is -0.0814. The van der Waals surface area contributed by atoms with Crippen molar-refractivity contribution in [2.75, 3.05) is 32.8 Å². The molecule has 0 amide bonds. The summed E-state index contributed by atoms with van der Waals surface area (Å²) in [6.45, 7) is 9.98. The van der Waals surface area contributed by atoms with Crippen LogP contribution in [0.5, 0.6) is 0 Å². The van der Waals surface area contributed by atoms with Gasteiger partial charge in [0.1, 0.15) is 6.61 Å². The second-order valence-corrected chi connectivity index (χ2v) is 5.69. The number of benzene rings is 1. The molecule has 1 fully saturated rings. The van der Waals surface area contributed by atoms with Gasteiger partial charge in [-0.1, -0.05) is 37.0 Å². The molecule has 0 radical (unpaired) electrons. The third-order valence-electron chi connectivity index (χ3n) is 4.33. The van der Waals surface area contributed by atoms with Crippen LogP contribution in [-0.2, 0) is 6.54 Å². The Bertz CT molecular complexity index is 495. The number of hydrogen-bond donors (Lipinski definition) is 1. The van der Waals surface area contributed by atoms with Gasteiger partial charge in [0, 0.05) is 44.3 Å². The van der Waals surface area contributed by atoms with Crippen molar-refractivity contribution in [2.45, 2.75) is 32.9 Å². The lowest BCUT2D eigenvalue weighted by Crippen LogP contribution is -2.49. The number of rotatable bonds is 4. The first-order valence-corrected chi connectivity index (χ1v) is 7.88. The van der Waals surface area contributed by atoms with Gasteiger partial charge in [0.05, 0.1) is 0 Å². The summed E-state index contributed by atoms with van der Waals surface area (Å²) in [4.78, 5) is 5.08. The molecule has 3 heteroatoms. The minimum absolute atomic E-state index is 0.0814. The van der Waals surface area contributed by atoms with E-state index in [1.54, 1.807) is 0 Å². The average molecular weight is 286 g/mol. The van der Waals surface area contributed by atoms with Crippen molar-refractivity contribution in [1.82, 2.24) is 9.80 Å². The predicted octanol–water partition coefficient (Wildman–Crippen LogP) is 1.95. The van der Waals surface area contributed by atoms with Crippen LogP contribution in [0.1, 0.15) is 31.4 Å². The zero-order valence-corrected chi connectivity index (χ0v) is 13.2. The molecule has 1 aliphatic heterocycles. The van der Waals surface area contributed by atoms with E-state index in [2.05, 4.69) is 47.6 Å². The Labute approximate surface area is 128 Å². The van der Waals surface area contributed by atoms with Gasteiger partial charge in [-0.25, -0.2) is 0 Å². The average Bonchev–Trinajstić information content (AvgIpc) is 2.54. The third kappa shape index (κ3) is 4.57. The Hall–Kier alpha value is -1.34. The van der Waals surface area contributed by atoms with Gasteiger partial charge in [-0.15, -0.1) is 0 Å². The molecule has 3 nitrogen and oxygen atoms in total. The molecule has 1 aliphatic rings. The van der Waals surface area contributed by atoms with Gasteiger partial charge in [-0.2, -0.15) is 0 Å². The topological polar surface area (TPSA) is 26.7 Å². The van der Waals surface area contributed by atoms with E-state index in [0.717, 1.165) is 38.3 Å². The summed E-state index contributed by atoms with van der Waals surface area (Å²) in [6.07, 6.45) is 1.22. The maximum atomic E-state index is 8.85. The third-order valence-corrected chi connectivity index (χ3v) is 4.33. The number of aliphatic hydroxyl groups excluding tert-OH is 1. The molecular formula is C18H26N2O. The summed E-state index contributed by atoms with van der Waals surface area (Å²) >= 11 is 0. The Kier molecular flexibility index (Phi) is 6.25. The Balaban J connectivity index is 1.95. The second kappa shape index (κ2) is 8.19. The maximum Gasteiger partial charge on any atom is 0.104 e. The molecule has 1 heterocycles. The van der Waals surface area contributed by atoms with E-state index in [4.69, 9.17) is 5.11 Å². The summed E-state index contributed by atoms with van der Waals surface area (Å²) in [5, 5.41) is 8.85. The highest BCUT2D eigenvalue weighted by molar-refractivity contribution is 5.41. The minimum Gasteiger partial charge on any atom is -0.384 e. The molecule has 2 rings (SSSR count). The van der Waals surface area contributed by atoms with Crippen LogP contribution in [0.4, 0.5) is 0 Å². The predicted molar refractivity (Wildman–Crippen MR) is 87.0 cm³/mol. The smallest absolute Gasteiger partial charge is 0.104 e. The van der Waals surface area contributed by atoms with Crippen LogP contribution in [0.15, 0.2) is 24.3 Å². The fourth-order valence-corrected chi connectivity index (χ4v) is 2.78. The van der Waals surface area contributed by atoms with Gasteiger partial charge >= 0.3 is 0 Å². The molecule has 114 valence electrons. The molecule has 1 atom stereocenters. The van der Waals surface area contributed by atoms with Crippen molar-refractivity contribution >= 4 is 0 Å². The standard InChI is InChI=1S/C18H26N2O/c1-3-16(2)20-12-10-19(11-13-20)15-18-8-5-4-7-17(18)9-6-14-21/h4-5,7-8,16,21H,3,10-15H2,1-2H3. The summed E-state index contributed by atoms with van der Waals surface area (Å²) in [7, 11) is 0. The normalized spacial score (nSPS) is 18.0. The molecule has 1 unspecified atom stereocenters. The molecule has 0 bridgehead atoms. The molecular weight excluding hydrogens is 260 g/mol. The maximum absolute atomic E-state index is 8.85. The van der Waals surface area contributed by atoms with E-state index < -0.39 is 0 Å². The van der Waals surface area contributed by atoms with E-state index in [1.165, 1.54) is 12.0 Å². The van der Waals surface area contributed by atoms with E-state index in [1.807, 2.05) is 12.1 Å². The van der Waals surface area contributed by atoms with Gasteiger partial charge in [0.25, 0.3) is 0 Å². The highest BCUT2D eigenvalue weighted by Crippen LogP contribution is 2.14. The van der Waals surface area contributed by atoms with E-state index in [9.17, 15) is 0 Å². The summed E-state index contributed by atoms with van der Waals surface area (Å²) in [6, 6.07) is 8.94. The first-order chi connectivity index (χ1) is 10.2. The van der Waals surface area contributed by atoms with Crippen LogP contribution in [-0.4, -0.2) is 53.7 Å². The van der Waals surface area contributed by atoms with E-state index in [-0.39, 0.29) is 6.61 Å². The molecule has 1 saturated heterocycles. The lowest BCUT2D eigenvalue weighted by Gasteiger charge is -2.38. The molecule has 0 aliphatic carbocycles. The first kappa shape index (κ1) is 16.0. The Morgan fingerprint density at radius 3 is 2.57 bits per heavy atom. The molecule has 21 heavy (non-hydrogen) atoms. The van der Waals surface area contributed by atoms with Crippen LogP contribution < -0.4 is 0 Å². The number of nitrogens with zero attached hydrogens (tertiary/aromatic N) is 2. The molecule has 0 spiro atoms. The molecule has 1 aromatic rings. The monoisotopic (exact) mass is 286 g/mol. The van der Waals surface area contributed by atoms with Gasteiger partial charge in [0.15, 0.2) is 0 Å². The zero-order chi connectivity index (χ0) is 15.1. The summed E-state index contributed by atoms with van der Waals surface area (Å²) in [5.41, 5.74) is 2.30. The number of piperazine rings is 1. The molecule has 0 aromatic heterocycles. The van der Waals surface area contributed by atoms with Crippen LogP contribution in [0.2, 0.25) is 0 Å². The lowest BCUT2D eigenvalue weighted by atomic mass is 10.1. The van der Waals surface area contributed by atoms with Gasteiger partial charge < -0.3 is 5.11 Å². The SMILES string of the molecule is CCC(C)N1CCN(Cc2ccccc2C#CCO)CC1. The van der Waals surface area contributed by atoms with Crippen molar-refractivity contribution in [3.63, 3.8) is 0 Å². The molecule has 1 aromatic carbocycles. The summed E-state index contributed by atoms with van der Waals surface area (Å²) in [5.74, 6) is 5.80. The molecule has 1 N–H and O–H groups in total. The Morgan fingerprint density at radius 1 is 1.19 bits per heavy atom. The fourth-order valence-electron chi connectivity index (χ4n) is 2.78. The number of aliphatic hydroxyl groups is 1. The first-order valence-electron chi connectivity index (χ1n) is 7.88. The fraction of sp³-hybridized carbons (Fsp3) is 0.556. The van der Waals surface area contributed by atoms with E-state index >= 15 is 0 Å². The van der Waals surface area contributed by atoms with Crippen molar-refractivity contribution in [3.8, 4) is 11.8 Å². The van der Waals surface area contributed by atoms with Crippen LogP contribution >= 0.6 is 0 Å². The van der Waals surface area contributed by atoms with Crippen molar-refractivity contribution in [3.05, 3.63) is 35.4 Å². The highest BCUT2D eigenvalue weighted by atomic mass is 16.2. The Morgan fingerprint density at radius 2 is 1.90 bits per heavy atom. The second-order valence-electron chi connectivity index (χ2n) is 5.69. The van der Waals surface area contributed by atoms with Gasteiger partial charge in [-0.3, -0.25) is 9.80 Å².